The molecule has 3 heteroatoms. The van der Waals surface area contributed by atoms with Crippen LogP contribution in [0.15, 0.2) is 48.5 Å². The minimum Gasteiger partial charge on any atom is -0.481 e. The first-order valence-corrected chi connectivity index (χ1v) is 7.60. The Morgan fingerprint density at radius 1 is 0.955 bits per heavy atom. The molecular formula is C19H23NO2. The van der Waals surface area contributed by atoms with Crippen LogP contribution in [0.4, 0.5) is 5.69 Å². The summed E-state index contributed by atoms with van der Waals surface area (Å²) in [5, 5.41) is 2.85. The van der Waals surface area contributed by atoms with Gasteiger partial charge >= 0.3 is 0 Å². The molecule has 0 unspecified atom stereocenters. The van der Waals surface area contributed by atoms with Crippen molar-refractivity contribution in [3.63, 3.8) is 0 Å². The van der Waals surface area contributed by atoms with Crippen molar-refractivity contribution in [3.05, 3.63) is 59.7 Å². The Morgan fingerprint density at radius 3 is 2.09 bits per heavy atom. The number of amides is 1. The minimum absolute atomic E-state index is 0.156. The van der Waals surface area contributed by atoms with Crippen molar-refractivity contribution in [3.8, 4) is 5.75 Å². The van der Waals surface area contributed by atoms with E-state index in [2.05, 4.69) is 19.2 Å². The molecule has 0 aliphatic carbocycles. The lowest BCUT2D eigenvalue weighted by atomic mass is 10.0. The van der Waals surface area contributed by atoms with E-state index in [0.717, 1.165) is 11.3 Å². The first-order valence-electron chi connectivity index (χ1n) is 7.60. The first kappa shape index (κ1) is 16.1. The molecule has 0 bridgehead atoms. The molecular weight excluding hydrogens is 274 g/mol. The van der Waals surface area contributed by atoms with Crippen LogP contribution in [0, 0.1) is 6.92 Å². The summed E-state index contributed by atoms with van der Waals surface area (Å²) < 4.78 is 5.69. The Balaban J connectivity index is 1.94. The highest BCUT2D eigenvalue weighted by atomic mass is 16.5. The number of carbonyl (C=O) groups excluding carboxylic acids is 1. The summed E-state index contributed by atoms with van der Waals surface area (Å²) in [6.45, 7) is 8.05. The zero-order chi connectivity index (χ0) is 16.1. The van der Waals surface area contributed by atoms with Crippen LogP contribution in [0.5, 0.6) is 5.75 Å². The van der Waals surface area contributed by atoms with Gasteiger partial charge < -0.3 is 10.1 Å². The van der Waals surface area contributed by atoms with E-state index < -0.39 is 6.10 Å². The van der Waals surface area contributed by atoms with Crippen LogP contribution in [0.3, 0.4) is 0 Å². The lowest BCUT2D eigenvalue weighted by Crippen LogP contribution is -2.30. The largest absolute Gasteiger partial charge is 0.481 e. The van der Waals surface area contributed by atoms with Crippen molar-refractivity contribution in [2.45, 2.75) is 39.7 Å². The molecule has 0 spiro atoms. The van der Waals surface area contributed by atoms with Crippen LogP contribution < -0.4 is 10.1 Å². The Kier molecular flexibility index (Phi) is 5.21. The molecule has 0 saturated carbocycles. The maximum Gasteiger partial charge on any atom is 0.265 e. The lowest BCUT2D eigenvalue weighted by molar-refractivity contribution is -0.122. The van der Waals surface area contributed by atoms with Gasteiger partial charge in [-0.25, -0.2) is 0 Å². The molecule has 2 aromatic carbocycles. The van der Waals surface area contributed by atoms with Crippen molar-refractivity contribution >= 4 is 11.6 Å². The molecule has 0 fully saturated rings. The van der Waals surface area contributed by atoms with Crippen LogP contribution >= 0.6 is 0 Å². The average Bonchev–Trinajstić information content (AvgIpc) is 2.50. The van der Waals surface area contributed by atoms with E-state index in [9.17, 15) is 4.79 Å². The van der Waals surface area contributed by atoms with Gasteiger partial charge in [-0.05, 0) is 49.6 Å². The van der Waals surface area contributed by atoms with E-state index in [1.807, 2.05) is 55.5 Å². The fraction of sp³-hybridized carbons (Fsp3) is 0.316. The smallest absolute Gasteiger partial charge is 0.265 e. The van der Waals surface area contributed by atoms with Gasteiger partial charge in [-0.2, -0.15) is 0 Å². The number of anilines is 1. The standard InChI is InChI=1S/C19H23NO2/c1-13(2)16-7-11-18(12-8-16)22-15(4)19(21)20-17-9-5-14(3)6-10-17/h5-13,15H,1-4H3,(H,20,21)/t15-/m1/s1. The van der Waals surface area contributed by atoms with Crippen LogP contribution in [-0.4, -0.2) is 12.0 Å². The quantitative estimate of drug-likeness (QED) is 0.881. The SMILES string of the molecule is Cc1ccc(NC(=O)[C@@H](C)Oc2ccc(C(C)C)cc2)cc1. The highest BCUT2D eigenvalue weighted by Gasteiger charge is 2.14. The van der Waals surface area contributed by atoms with Gasteiger partial charge in [-0.1, -0.05) is 43.7 Å². The highest BCUT2D eigenvalue weighted by Crippen LogP contribution is 2.19. The van der Waals surface area contributed by atoms with E-state index in [0.29, 0.717) is 11.7 Å². The summed E-state index contributed by atoms with van der Waals surface area (Å²) in [6.07, 6.45) is -0.550. The predicted molar refractivity (Wildman–Crippen MR) is 90.4 cm³/mol. The molecule has 1 N–H and O–H groups in total. The van der Waals surface area contributed by atoms with Gasteiger partial charge in [0.2, 0.25) is 0 Å². The zero-order valence-corrected chi connectivity index (χ0v) is 13.6. The molecule has 0 aromatic heterocycles. The number of benzene rings is 2. The number of aryl methyl sites for hydroxylation is 1. The third kappa shape index (κ3) is 4.35. The maximum atomic E-state index is 12.1. The number of hydrogen-bond donors (Lipinski definition) is 1. The summed E-state index contributed by atoms with van der Waals surface area (Å²) in [5.74, 6) is 1.03. The number of nitrogens with one attached hydrogen (secondary N) is 1. The molecule has 0 radical (unpaired) electrons. The highest BCUT2D eigenvalue weighted by molar-refractivity contribution is 5.94. The Morgan fingerprint density at radius 2 is 1.55 bits per heavy atom. The molecule has 1 atom stereocenters. The molecule has 0 heterocycles. The van der Waals surface area contributed by atoms with Gasteiger partial charge in [0.05, 0.1) is 0 Å². The third-order valence-electron chi connectivity index (χ3n) is 3.55. The Bertz CT molecular complexity index is 615. The number of hydrogen-bond acceptors (Lipinski definition) is 2. The number of ether oxygens (including phenoxy) is 1. The fourth-order valence-corrected chi connectivity index (χ4v) is 2.07. The van der Waals surface area contributed by atoms with Crippen LogP contribution in [0.1, 0.15) is 37.8 Å². The van der Waals surface area contributed by atoms with Crippen molar-refractivity contribution in [2.24, 2.45) is 0 Å². The lowest BCUT2D eigenvalue weighted by Gasteiger charge is -2.15. The summed E-state index contributed by atoms with van der Waals surface area (Å²) >= 11 is 0. The fourth-order valence-electron chi connectivity index (χ4n) is 2.07. The molecule has 0 aliphatic heterocycles. The van der Waals surface area contributed by atoms with Crippen molar-refractivity contribution < 1.29 is 9.53 Å². The van der Waals surface area contributed by atoms with Gasteiger partial charge in [0.25, 0.3) is 5.91 Å². The summed E-state index contributed by atoms with van der Waals surface area (Å²) in [7, 11) is 0. The van der Waals surface area contributed by atoms with E-state index in [1.165, 1.54) is 5.56 Å². The molecule has 22 heavy (non-hydrogen) atoms. The monoisotopic (exact) mass is 297 g/mol. The summed E-state index contributed by atoms with van der Waals surface area (Å²) in [4.78, 5) is 12.1. The second-order valence-corrected chi connectivity index (χ2v) is 5.84. The Hall–Kier alpha value is -2.29. The second-order valence-electron chi connectivity index (χ2n) is 5.84. The topological polar surface area (TPSA) is 38.3 Å². The van der Waals surface area contributed by atoms with Gasteiger partial charge in [-0.3, -0.25) is 4.79 Å². The Labute approximate surface area is 132 Å². The van der Waals surface area contributed by atoms with Crippen molar-refractivity contribution in [1.29, 1.82) is 0 Å². The summed E-state index contributed by atoms with van der Waals surface area (Å²) in [6, 6.07) is 15.6. The van der Waals surface area contributed by atoms with E-state index in [4.69, 9.17) is 4.74 Å². The minimum atomic E-state index is -0.550. The van der Waals surface area contributed by atoms with Gasteiger partial charge in [0.1, 0.15) is 5.75 Å². The van der Waals surface area contributed by atoms with Gasteiger partial charge in [0, 0.05) is 5.69 Å². The maximum absolute atomic E-state index is 12.1. The third-order valence-corrected chi connectivity index (χ3v) is 3.55. The zero-order valence-electron chi connectivity index (χ0n) is 13.6. The molecule has 2 rings (SSSR count). The van der Waals surface area contributed by atoms with Crippen LogP contribution in [0.2, 0.25) is 0 Å². The number of carbonyl (C=O) groups is 1. The normalized spacial score (nSPS) is 12.0. The molecule has 116 valence electrons. The van der Waals surface area contributed by atoms with Gasteiger partial charge in [-0.15, -0.1) is 0 Å². The molecule has 0 aliphatic rings. The van der Waals surface area contributed by atoms with Crippen molar-refractivity contribution in [2.75, 3.05) is 5.32 Å². The van der Waals surface area contributed by atoms with Crippen LogP contribution in [0.25, 0.3) is 0 Å². The molecule has 1 amide bonds. The predicted octanol–water partition coefficient (Wildman–Crippen LogP) is 4.52. The van der Waals surface area contributed by atoms with Gasteiger partial charge in [0.15, 0.2) is 6.10 Å². The van der Waals surface area contributed by atoms with Crippen LogP contribution in [-0.2, 0) is 4.79 Å². The first-order chi connectivity index (χ1) is 10.5. The summed E-state index contributed by atoms with van der Waals surface area (Å²) in [5.41, 5.74) is 3.19. The van der Waals surface area contributed by atoms with E-state index in [1.54, 1.807) is 6.92 Å². The second kappa shape index (κ2) is 7.12. The van der Waals surface area contributed by atoms with E-state index >= 15 is 0 Å². The number of rotatable bonds is 5. The average molecular weight is 297 g/mol. The molecule has 0 saturated heterocycles. The molecule has 3 nitrogen and oxygen atoms in total. The van der Waals surface area contributed by atoms with E-state index in [-0.39, 0.29) is 5.91 Å². The molecule has 2 aromatic rings. The van der Waals surface area contributed by atoms with Crippen molar-refractivity contribution in [1.82, 2.24) is 0 Å².